The van der Waals surface area contributed by atoms with Crippen LogP contribution in [-0.4, -0.2) is 5.11 Å². The fourth-order valence-electron chi connectivity index (χ4n) is 0.829. The van der Waals surface area contributed by atoms with Gasteiger partial charge in [-0.2, -0.15) is 5.26 Å². The number of hydrogen-bond donors (Lipinski definition) is 1. The quantitative estimate of drug-likeness (QED) is 0.864. The van der Waals surface area contributed by atoms with Crippen molar-refractivity contribution < 1.29 is 5.11 Å². The first-order valence-corrected chi connectivity index (χ1v) is 4.77. The zero-order chi connectivity index (χ0) is 9.14. The highest BCUT2D eigenvalue weighted by Crippen LogP contribution is 2.28. The predicted octanol–water partition coefficient (Wildman–Crippen LogP) is 2.58. The second-order valence-electron chi connectivity index (χ2n) is 2.16. The van der Waals surface area contributed by atoms with Crippen molar-refractivity contribution in [1.29, 1.82) is 5.26 Å². The van der Waals surface area contributed by atoms with Gasteiger partial charge in [0.1, 0.15) is 6.07 Å². The van der Waals surface area contributed by atoms with Crippen LogP contribution in [0.3, 0.4) is 0 Å². The molecule has 0 radical (unpaired) electrons. The van der Waals surface area contributed by atoms with Gasteiger partial charge in [-0.3, -0.25) is 0 Å². The average Bonchev–Trinajstić information content (AvgIpc) is 2.06. The number of nitriles is 1. The van der Waals surface area contributed by atoms with Crippen molar-refractivity contribution in [1.82, 2.24) is 0 Å². The van der Waals surface area contributed by atoms with Gasteiger partial charge in [-0.15, -0.1) is 0 Å². The van der Waals surface area contributed by atoms with Crippen LogP contribution < -0.4 is 0 Å². The van der Waals surface area contributed by atoms with Gasteiger partial charge >= 0.3 is 0 Å². The molecule has 0 fully saturated rings. The number of hydrogen-bond acceptors (Lipinski definition) is 2. The Kier molecular flexibility index (Phi) is 3.27. The van der Waals surface area contributed by atoms with Gasteiger partial charge < -0.3 is 5.11 Å². The standard InChI is InChI=1S/C8H5Br2NO/c9-7-2-1-5(3-11)8(10)6(7)4-12/h1-2,12H,4H2. The number of aliphatic hydroxyl groups excluding tert-OH is 1. The summed E-state index contributed by atoms with van der Waals surface area (Å²) in [4.78, 5) is 0. The second kappa shape index (κ2) is 4.04. The molecule has 0 aliphatic heterocycles. The fraction of sp³-hybridized carbons (Fsp3) is 0.125. The molecule has 1 aromatic carbocycles. The maximum atomic E-state index is 8.95. The Morgan fingerprint density at radius 1 is 1.42 bits per heavy atom. The van der Waals surface area contributed by atoms with E-state index in [1.54, 1.807) is 12.1 Å². The minimum absolute atomic E-state index is 0.0866. The summed E-state index contributed by atoms with van der Waals surface area (Å²) in [6, 6.07) is 5.45. The summed E-state index contributed by atoms with van der Waals surface area (Å²) in [6.07, 6.45) is 0. The Hall–Kier alpha value is -0.370. The summed E-state index contributed by atoms with van der Waals surface area (Å²) in [7, 11) is 0. The maximum absolute atomic E-state index is 8.95. The number of rotatable bonds is 1. The molecule has 0 aliphatic carbocycles. The van der Waals surface area contributed by atoms with E-state index >= 15 is 0 Å². The van der Waals surface area contributed by atoms with Crippen LogP contribution in [0.5, 0.6) is 0 Å². The largest absolute Gasteiger partial charge is 0.392 e. The molecule has 1 rings (SSSR count). The topological polar surface area (TPSA) is 44.0 Å². The van der Waals surface area contributed by atoms with E-state index in [1.165, 1.54) is 0 Å². The smallest absolute Gasteiger partial charge is 0.100 e. The Labute approximate surface area is 87.1 Å². The van der Waals surface area contributed by atoms with Crippen molar-refractivity contribution in [3.05, 3.63) is 32.2 Å². The molecule has 0 spiro atoms. The molecule has 12 heavy (non-hydrogen) atoms. The Morgan fingerprint density at radius 2 is 2.08 bits per heavy atom. The van der Waals surface area contributed by atoms with Gasteiger partial charge in [-0.25, -0.2) is 0 Å². The second-order valence-corrected chi connectivity index (χ2v) is 3.80. The van der Waals surface area contributed by atoms with Crippen LogP contribution in [0.2, 0.25) is 0 Å². The molecule has 1 N–H and O–H groups in total. The van der Waals surface area contributed by atoms with E-state index in [0.717, 1.165) is 4.47 Å². The van der Waals surface area contributed by atoms with E-state index in [4.69, 9.17) is 10.4 Å². The lowest BCUT2D eigenvalue weighted by molar-refractivity contribution is 0.280. The van der Waals surface area contributed by atoms with E-state index in [2.05, 4.69) is 31.9 Å². The maximum Gasteiger partial charge on any atom is 0.100 e. The molecule has 0 amide bonds. The third kappa shape index (κ3) is 1.69. The molecular weight excluding hydrogens is 286 g/mol. The summed E-state index contributed by atoms with van der Waals surface area (Å²) in [5.74, 6) is 0. The van der Waals surface area contributed by atoms with Crippen molar-refractivity contribution in [3.63, 3.8) is 0 Å². The minimum atomic E-state index is -0.0866. The first kappa shape index (κ1) is 9.72. The summed E-state index contributed by atoms with van der Waals surface area (Å²) < 4.78 is 1.46. The molecule has 2 nitrogen and oxygen atoms in total. The van der Waals surface area contributed by atoms with Crippen LogP contribution in [0.15, 0.2) is 21.1 Å². The van der Waals surface area contributed by atoms with E-state index < -0.39 is 0 Å². The molecule has 0 aliphatic rings. The van der Waals surface area contributed by atoms with Crippen LogP contribution in [-0.2, 0) is 6.61 Å². The highest BCUT2D eigenvalue weighted by Gasteiger charge is 2.07. The minimum Gasteiger partial charge on any atom is -0.392 e. The number of halogens is 2. The average molecular weight is 291 g/mol. The van der Waals surface area contributed by atoms with Crippen LogP contribution in [0.1, 0.15) is 11.1 Å². The molecule has 1 aromatic rings. The summed E-state index contributed by atoms with van der Waals surface area (Å²) >= 11 is 6.51. The van der Waals surface area contributed by atoms with Gasteiger partial charge in [-0.1, -0.05) is 15.9 Å². The zero-order valence-electron chi connectivity index (χ0n) is 6.01. The molecular formula is C8H5Br2NO. The molecule has 0 heterocycles. The summed E-state index contributed by atoms with van der Waals surface area (Å²) in [6.45, 7) is -0.0866. The molecule has 0 unspecified atom stereocenters. The molecule has 0 saturated carbocycles. The third-order valence-corrected chi connectivity index (χ3v) is 3.11. The lowest BCUT2D eigenvalue weighted by atomic mass is 10.1. The third-order valence-electron chi connectivity index (χ3n) is 1.46. The van der Waals surface area contributed by atoms with Gasteiger partial charge in [0, 0.05) is 14.5 Å². The van der Waals surface area contributed by atoms with Gasteiger partial charge in [0.15, 0.2) is 0 Å². The lowest BCUT2D eigenvalue weighted by Gasteiger charge is -2.04. The molecule has 0 atom stereocenters. The van der Waals surface area contributed by atoms with E-state index in [1.807, 2.05) is 6.07 Å². The Morgan fingerprint density at radius 3 is 2.58 bits per heavy atom. The number of nitrogens with zero attached hydrogens (tertiary/aromatic N) is 1. The van der Waals surface area contributed by atoms with Crippen molar-refractivity contribution in [2.45, 2.75) is 6.61 Å². The Balaban J connectivity index is 3.36. The van der Waals surface area contributed by atoms with Gasteiger partial charge in [0.05, 0.1) is 12.2 Å². The monoisotopic (exact) mass is 289 g/mol. The van der Waals surface area contributed by atoms with Crippen molar-refractivity contribution >= 4 is 31.9 Å². The predicted molar refractivity (Wildman–Crippen MR) is 52.5 cm³/mol. The zero-order valence-corrected chi connectivity index (χ0v) is 9.18. The lowest BCUT2D eigenvalue weighted by Crippen LogP contribution is -1.90. The van der Waals surface area contributed by atoms with Crippen LogP contribution in [0.4, 0.5) is 0 Å². The normalized spacial score (nSPS) is 9.50. The first-order valence-electron chi connectivity index (χ1n) is 3.18. The SMILES string of the molecule is N#Cc1ccc(Br)c(CO)c1Br. The highest BCUT2D eigenvalue weighted by atomic mass is 79.9. The molecule has 0 saturated heterocycles. The summed E-state index contributed by atoms with van der Waals surface area (Å²) in [5, 5.41) is 17.6. The molecule has 0 aromatic heterocycles. The van der Waals surface area contributed by atoms with Crippen molar-refractivity contribution in [2.75, 3.05) is 0 Å². The van der Waals surface area contributed by atoms with Gasteiger partial charge in [-0.05, 0) is 28.1 Å². The fourth-order valence-corrected chi connectivity index (χ4v) is 2.11. The van der Waals surface area contributed by atoms with Gasteiger partial charge in [0.2, 0.25) is 0 Å². The molecule has 0 bridgehead atoms. The van der Waals surface area contributed by atoms with Crippen LogP contribution in [0.25, 0.3) is 0 Å². The number of benzene rings is 1. The Bertz CT molecular complexity index is 344. The number of aliphatic hydroxyl groups is 1. The van der Waals surface area contributed by atoms with Crippen LogP contribution in [0, 0.1) is 11.3 Å². The first-order chi connectivity index (χ1) is 5.70. The van der Waals surface area contributed by atoms with E-state index in [-0.39, 0.29) is 6.61 Å². The van der Waals surface area contributed by atoms with Crippen molar-refractivity contribution in [2.24, 2.45) is 0 Å². The van der Waals surface area contributed by atoms with Crippen LogP contribution >= 0.6 is 31.9 Å². The summed E-state index contributed by atoms with van der Waals surface area (Å²) in [5.41, 5.74) is 1.23. The van der Waals surface area contributed by atoms with Gasteiger partial charge in [0.25, 0.3) is 0 Å². The highest BCUT2D eigenvalue weighted by molar-refractivity contribution is 9.11. The molecule has 62 valence electrons. The van der Waals surface area contributed by atoms with E-state index in [9.17, 15) is 0 Å². The molecule has 4 heteroatoms. The van der Waals surface area contributed by atoms with Crippen molar-refractivity contribution in [3.8, 4) is 6.07 Å². The van der Waals surface area contributed by atoms with E-state index in [0.29, 0.717) is 15.6 Å².